The second-order valence-electron chi connectivity index (χ2n) is 5.07. The molecular formula is C16H22N2O3. The van der Waals surface area contributed by atoms with Gasteiger partial charge >= 0.3 is 0 Å². The van der Waals surface area contributed by atoms with Crippen LogP contribution in [0.15, 0.2) is 30.3 Å². The van der Waals surface area contributed by atoms with E-state index in [0.29, 0.717) is 39.0 Å². The van der Waals surface area contributed by atoms with Crippen LogP contribution in [-0.4, -0.2) is 42.5 Å². The highest BCUT2D eigenvalue weighted by Crippen LogP contribution is 2.12. The summed E-state index contributed by atoms with van der Waals surface area (Å²) < 4.78 is 5.57. The second-order valence-corrected chi connectivity index (χ2v) is 5.07. The first kappa shape index (κ1) is 15.4. The summed E-state index contributed by atoms with van der Waals surface area (Å²) >= 11 is 0. The van der Waals surface area contributed by atoms with Crippen LogP contribution in [0.2, 0.25) is 0 Å². The van der Waals surface area contributed by atoms with Gasteiger partial charge in [-0.1, -0.05) is 25.1 Å². The number of benzene rings is 1. The number of ether oxygens (including phenoxy) is 1. The Morgan fingerprint density at radius 2 is 2.14 bits per heavy atom. The van der Waals surface area contributed by atoms with Gasteiger partial charge in [0.25, 0.3) is 0 Å². The number of piperazine rings is 1. The van der Waals surface area contributed by atoms with Gasteiger partial charge in [0.1, 0.15) is 11.8 Å². The number of amides is 2. The molecule has 1 atom stereocenters. The number of rotatable bonds is 6. The molecule has 114 valence electrons. The number of hydrogen-bond acceptors (Lipinski definition) is 3. The third kappa shape index (κ3) is 4.21. The van der Waals surface area contributed by atoms with E-state index in [4.69, 9.17) is 4.74 Å². The predicted molar refractivity (Wildman–Crippen MR) is 80.0 cm³/mol. The number of hydrogen-bond donors (Lipinski definition) is 1. The second kappa shape index (κ2) is 7.67. The Bertz CT molecular complexity index is 476. The van der Waals surface area contributed by atoms with Crippen molar-refractivity contribution in [3.8, 4) is 5.75 Å². The summed E-state index contributed by atoms with van der Waals surface area (Å²) in [6, 6.07) is 9.23. The molecule has 0 radical (unpaired) electrons. The molecule has 2 amide bonds. The Kier molecular flexibility index (Phi) is 5.60. The summed E-state index contributed by atoms with van der Waals surface area (Å²) in [4.78, 5) is 25.6. The third-order valence-corrected chi connectivity index (χ3v) is 3.58. The topological polar surface area (TPSA) is 58.6 Å². The van der Waals surface area contributed by atoms with Crippen LogP contribution < -0.4 is 10.1 Å². The van der Waals surface area contributed by atoms with Gasteiger partial charge in [0.05, 0.1) is 6.61 Å². The first-order valence-corrected chi connectivity index (χ1v) is 7.47. The Labute approximate surface area is 125 Å². The van der Waals surface area contributed by atoms with Crippen molar-refractivity contribution in [1.82, 2.24) is 10.2 Å². The van der Waals surface area contributed by atoms with E-state index in [9.17, 15) is 9.59 Å². The van der Waals surface area contributed by atoms with Crippen molar-refractivity contribution in [1.29, 1.82) is 0 Å². The van der Waals surface area contributed by atoms with Gasteiger partial charge in [-0.3, -0.25) is 9.59 Å². The highest BCUT2D eigenvalue weighted by Gasteiger charge is 2.30. The molecule has 1 unspecified atom stereocenters. The highest BCUT2D eigenvalue weighted by atomic mass is 16.5. The first-order valence-electron chi connectivity index (χ1n) is 7.47. The van der Waals surface area contributed by atoms with Crippen molar-refractivity contribution in [2.75, 3.05) is 19.7 Å². The Balaban J connectivity index is 1.75. The normalized spacial score (nSPS) is 18.2. The van der Waals surface area contributed by atoms with E-state index in [2.05, 4.69) is 5.32 Å². The largest absolute Gasteiger partial charge is 0.494 e. The van der Waals surface area contributed by atoms with Crippen LogP contribution in [0.1, 0.15) is 26.2 Å². The molecule has 21 heavy (non-hydrogen) atoms. The maximum Gasteiger partial charge on any atom is 0.242 e. The number of para-hydroxylation sites is 1. The molecule has 0 spiro atoms. The van der Waals surface area contributed by atoms with Gasteiger partial charge in [-0.2, -0.15) is 0 Å². The van der Waals surface area contributed by atoms with Crippen molar-refractivity contribution in [3.63, 3.8) is 0 Å². The van der Waals surface area contributed by atoms with E-state index in [1.165, 1.54) is 0 Å². The quantitative estimate of drug-likeness (QED) is 0.809. The average Bonchev–Trinajstić information content (AvgIpc) is 2.52. The van der Waals surface area contributed by atoms with Crippen LogP contribution >= 0.6 is 0 Å². The molecule has 2 rings (SSSR count). The number of carbonyl (C=O) groups is 2. The van der Waals surface area contributed by atoms with Gasteiger partial charge in [0.15, 0.2) is 0 Å². The first-order chi connectivity index (χ1) is 10.2. The summed E-state index contributed by atoms with van der Waals surface area (Å²) in [6.45, 7) is 3.57. The van der Waals surface area contributed by atoms with E-state index in [-0.39, 0.29) is 17.9 Å². The van der Waals surface area contributed by atoms with E-state index in [1.54, 1.807) is 4.90 Å². The van der Waals surface area contributed by atoms with Crippen LogP contribution in [-0.2, 0) is 9.59 Å². The molecule has 1 fully saturated rings. The predicted octanol–water partition coefficient (Wildman–Crippen LogP) is 1.58. The van der Waals surface area contributed by atoms with Gasteiger partial charge in [-0.25, -0.2) is 0 Å². The van der Waals surface area contributed by atoms with Gasteiger partial charge in [0.2, 0.25) is 11.8 Å². The Morgan fingerprint density at radius 1 is 1.38 bits per heavy atom. The van der Waals surface area contributed by atoms with Crippen molar-refractivity contribution < 1.29 is 14.3 Å². The molecule has 0 aromatic heterocycles. The van der Waals surface area contributed by atoms with Crippen molar-refractivity contribution in [2.45, 2.75) is 32.2 Å². The minimum absolute atomic E-state index is 0.0355. The van der Waals surface area contributed by atoms with E-state index >= 15 is 0 Å². The molecule has 1 N–H and O–H groups in total. The van der Waals surface area contributed by atoms with Gasteiger partial charge in [-0.15, -0.1) is 0 Å². The maximum atomic E-state index is 12.2. The fourth-order valence-electron chi connectivity index (χ4n) is 2.49. The average molecular weight is 290 g/mol. The Morgan fingerprint density at radius 3 is 2.86 bits per heavy atom. The number of nitrogens with zero attached hydrogens (tertiary/aromatic N) is 1. The van der Waals surface area contributed by atoms with E-state index < -0.39 is 0 Å². The van der Waals surface area contributed by atoms with Crippen molar-refractivity contribution in [3.05, 3.63) is 30.3 Å². The van der Waals surface area contributed by atoms with Crippen molar-refractivity contribution >= 4 is 11.8 Å². The van der Waals surface area contributed by atoms with Crippen molar-refractivity contribution in [2.24, 2.45) is 0 Å². The van der Waals surface area contributed by atoms with Gasteiger partial charge in [-0.05, 0) is 25.0 Å². The fraction of sp³-hybridized carbons (Fsp3) is 0.500. The third-order valence-electron chi connectivity index (χ3n) is 3.58. The zero-order valence-electron chi connectivity index (χ0n) is 12.4. The lowest BCUT2D eigenvalue weighted by molar-refractivity contribution is -0.143. The smallest absolute Gasteiger partial charge is 0.242 e. The summed E-state index contributed by atoms with van der Waals surface area (Å²) in [5.74, 6) is 0.805. The maximum absolute atomic E-state index is 12.2. The molecule has 0 aliphatic carbocycles. The molecular weight excluding hydrogens is 268 g/mol. The molecule has 1 aromatic rings. The zero-order chi connectivity index (χ0) is 15.1. The van der Waals surface area contributed by atoms with Crippen LogP contribution in [0.3, 0.4) is 0 Å². The van der Waals surface area contributed by atoms with E-state index in [0.717, 1.165) is 5.75 Å². The molecule has 0 bridgehead atoms. The zero-order valence-corrected chi connectivity index (χ0v) is 12.4. The summed E-state index contributed by atoms with van der Waals surface area (Å²) in [5.41, 5.74) is 0. The fourth-order valence-corrected chi connectivity index (χ4v) is 2.49. The van der Waals surface area contributed by atoms with Crippen LogP contribution in [0.25, 0.3) is 0 Å². The molecule has 1 aliphatic rings. The summed E-state index contributed by atoms with van der Waals surface area (Å²) in [6.07, 6.45) is 1.72. The minimum atomic E-state index is -0.318. The van der Waals surface area contributed by atoms with E-state index in [1.807, 2.05) is 37.3 Å². The number of carbonyl (C=O) groups excluding carboxylic acids is 2. The monoisotopic (exact) mass is 290 g/mol. The minimum Gasteiger partial charge on any atom is -0.494 e. The van der Waals surface area contributed by atoms with Gasteiger partial charge < -0.3 is 15.0 Å². The summed E-state index contributed by atoms with van der Waals surface area (Å²) in [7, 11) is 0. The standard InChI is InChI=1S/C16H22N2O3/c1-2-14-16(20)17-10-11-18(14)15(19)9-6-12-21-13-7-4-3-5-8-13/h3-5,7-8,14H,2,6,9-12H2,1H3,(H,17,20). The van der Waals surface area contributed by atoms with Gasteiger partial charge in [0, 0.05) is 19.5 Å². The molecule has 5 nitrogen and oxygen atoms in total. The molecule has 1 heterocycles. The lowest BCUT2D eigenvalue weighted by atomic mass is 10.1. The van der Waals surface area contributed by atoms with Crippen LogP contribution in [0.4, 0.5) is 0 Å². The summed E-state index contributed by atoms with van der Waals surface area (Å²) in [5, 5.41) is 2.80. The molecule has 1 aromatic carbocycles. The molecule has 1 aliphatic heterocycles. The Hall–Kier alpha value is -2.04. The molecule has 5 heteroatoms. The molecule has 0 saturated carbocycles. The highest BCUT2D eigenvalue weighted by molar-refractivity contribution is 5.88. The lowest BCUT2D eigenvalue weighted by Gasteiger charge is -2.34. The van der Waals surface area contributed by atoms with Crippen LogP contribution in [0.5, 0.6) is 5.75 Å². The lowest BCUT2D eigenvalue weighted by Crippen LogP contribution is -2.56. The molecule has 1 saturated heterocycles. The SMILES string of the molecule is CCC1C(=O)NCCN1C(=O)CCCOc1ccccc1. The van der Waals surface area contributed by atoms with Crippen LogP contribution in [0, 0.1) is 0 Å². The number of nitrogens with one attached hydrogen (secondary N) is 1.